The minimum absolute atomic E-state index is 0.0166. The van der Waals surface area contributed by atoms with E-state index < -0.39 is 0 Å². The quantitative estimate of drug-likeness (QED) is 0.609. The third kappa shape index (κ3) is 4.89. The highest BCUT2D eigenvalue weighted by Crippen LogP contribution is 2.31. The van der Waals surface area contributed by atoms with Gasteiger partial charge in [0.25, 0.3) is 5.91 Å². The Labute approximate surface area is 181 Å². The van der Waals surface area contributed by atoms with Crippen molar-refractivity contribution in [2.24, 2.45) is 5.92 Å². The van der Waals surface area contributed by atoms with E-state index in [0.717, 1.165) is 48.8 Å². The molecule has 5 nitrogen and oxygen atoms in total. The van der Waals surface area contributed by atoms with Gasteiger partial charge in [-0.3, -0.25) is 14.7 Å². The number of hydrogen-bond acceptors (Lipinski definition) is 5. The predicted molar refractivity (Wildman–Crippen MR) is 120 cm³/mol. The molecule has 1 aliphatic rings. The zero-order valence-electron chi connectivity index (χ0n) is 17.2. The molecule has 6 heteroatoms. The number of benzene rings is 1. The normalized spacial score (nSPS) is 16.2. The van der Waals surface area contributed by atoms with Gasteiger partial charge in [0.1, 0.15) is 5.75 Å². The van der Waals surface area contributed by atoms with Crippen LogP contribution in [0.4, 0.5) is 0 Å². The summed E-state index contributed by atoms with van der Waals surface area (Å²) in [5, 5.41) is 5.19. The molecular weight excluding hydrogens is 394 g/mol. The summed E-state index contributed by atoms with van der Waals surface area (Å²) in [6.07, 6.45) is 3.83. The van der Waals surface area contributed by atoms with Crippen molar-refractivity contribution >= 4 is 17.2 Å². The second-order valence-electron chi connectivity index (χ2n) is 7.61. The van der Waals surface area contributed by atoms with Gasteiger partial charge in [-0.1, -0.05) is 30.3 Å². The lowest BCUT2D eigenvalue weighted by Crippen LogP contribution is -2.40. The Morgan fingerprint density at radius 2 is 1.97 bits per heavy atom. The molecule has 0 spiro atoms. The maximum Gasteiger partial charge on any atom is 0.261 e. The molecule has 4 rings (SSSR count). The average Bonchev–Trinajstić information content (AvgIpc) is 3.34. The summed E-state index contributed by atoms with van der Waals surface area (Å²) >= 11 is 1.47. The first-order chi connectivity index (χ1) is 14.7. The number of carbonyl (C=O) groups excluding carboxylic acids is 1. The molecule has 1 N–H and O–H groups in total. The molecule has 30 heavy (non-hydrogen) atoms. The van der Waals surface area contributed by atoms with Crippen molar-refractivity contribution in [1.29, 1.82) is 0 Å². The molecule has 1 saturated heterocycles. The lowest BCUT2D eigenvalue weighted by Gasteiger charge is -2.36. The van der Waals surface area contributed by atoms with Crippen LogP contribution in [0.3, 0.4) is 0 Å². The highest BCUT2D eigenvalue weighted by molar-refractivity contribution is 7.12. The monoisotopic (exact) mass is 421 g/mol. The molecular formula is C24H27N3O2S. The van der Waals surface area contributed by atoms with Crippen LogP contribution < -0.4 is 10.1 Å². The number of likely N-dealkylation sites (tertiary alicyclic amines) is 1. The van der Waals surface area contributed by atoms with Crippen molar-refractivity contribution < 1.29 is 9.53 Å². The predicted octanol–water partition coefficient (Wildman–Crippen LogP) is 4.54. The molecule has 3 heterocycles. The Bertz CT molecular complexity index is 938. The van der Waals surface area contributed by atoms with Gasteiger partial charge in [0.15, 0.2) is 0 Å². The number of ether oxygens (including phenoxy) is 1. The molecule has 3 aromatic rings. The number of hydrogen-bond donors (Lipinski definition) is 1. The summed E-state index contributed by atoms with van der Waals surface area (Å²) in [6.45, 7) is 2.86. The van der Waals surface area contributed by atoms with Gasteiger partial charge >= 0.3 is 0 Å². The van der Waals surface area contributed by atoms with Gasteiger partial charge in [-0.2, -0.15) is 0 Å². The summed E-state index contributed by atoms with van der Waals surface area (Å²) in [4.78, 5) is 20.5. The van der Waals surface area contributed by atoms with Crippen molar-refractivity contribution in [2.75, 3.05) is 20.2 Å². The minimum atomic E-state index is -0.0748. The topological polar surface area (TPSA) is 54.5 Å². The molecule has 156 valence electrons. The van der Waals surface area contributed by atoms with E-state index in [1.807, 2.05) is 47.8 Å². The summed E-state index contributed by atoms with van der Waals surface area (Å²) in [5.41, 5.74) is 2.15. The van der Waals surface area contributed by atoms with E-state index in [-0.39, 0.29) is 11.9 Å². The number of carbonyl (C=O) groups is 1. The third-order valence-corrected chi connectivity index (χ3v) is 6.60. The average molecular weight is 422 g/mol. The standard InChI is InChI=1S/C24H27N3O2S/c1-29-21-9-3-2-7-19(21)17-27-14-11-18(12-15-27)23(20-8-4-5-13-25-20)26-24(28)22-10-6-16-30-22/h2-10,13,16,18,23H,11-12,14-15,17H2,1H3,(H,26,28)/t23-/m1/s1. The largest absolute Gasteiger partial charge is 0.496 e. The number of nitrogens with zero attached hydrogens (tertiary/aromatic N) is 2. The van der Waals surface area contributed by atoms with Crippen molar-refractivity contribution in [3.8, 4) is 5.75 Å². The van der Waals surface area contributed by atoms with E-state index in [9.17, 15) is 4.79 Å². The van der Waals surface area contributed by atoms with E-state index in [0.29, 0.717) is 5.92 Å². The number of aromatic nitrogens is 1. The van der Waals surface area contributed by atoms with Crippen LogP contribution in [0, 0.1) is 5.92 Å². The van der Waals surface area contributed by atoms with Gasteiger partial charge in [0, 0.05) is 18.3 Å². The number of nitrogens with one attached hydrogen (secondary N) is 1. The Morgan fingerprint density at radius 3 is 2.67 bits per heavy atom. The summed E-state index contributed by atoms with van der Waals surface area (Å²) in [6, 6.07) is 17.8. The number of piperidine rings is 1. The highest BCUT2D eigenvalue weighted by atomic mass is 32.1. The molecule has 1 fully saturated rings. The van der Waals surface area contributed by atoms with Crippen LogP contribution in [-0.2, 0) is 6.54 Å². The second kappa shape index (κ2) is 9.87. The molecule has 0 radical (unpaired) electrons. The zero-order valence-corrected chi connectivity index (χ0v) is 18.0. The van der Waals surface area contributed by atoms with Gasteiger partial charge in [-0.15, -0.1) is 11.3 Å². The van der Waals surface area contributed by atoms with Crippen LogP contribution in [-0.4, -0.2) is 36.0 Å². The first-order valence-corrected chi connectivity index (χ1v) is 11.2. The lowest BCUT2D eigenvalue weighted by atomic mass is 9.87. The van der Waals surface area contributed by atoms with E-state index in [1.165, 1.54) is 16.9 Å². The number of pyridine rings is 1. The summed E-state index contributed by atoms with van der Waals surface area (Å²) in [5.74, 6) is 1.28. The molecule has 1 atom stereocenters. The smallest absolute Gasteiger partial charge is 0.261 e. The van der Waals surface area contributed by atoms with Crippen LogP contribution in [0.25, 0.3) is 0 Å². The van der Waals surface area contributed by atoms with Crippen molar-refractivity contribution in [1.82, 2.24) is 15.2 Å². The van der Waals surface area contributed by atoms with Crippen molar-refractivity contribution in [3.05, 3.63) is 82.3 Å². The Kier molecular flexibility index (Phi) is 6.77. The Hall–Kier alpha value is -2.70. The maximum atomic E-state index is 12.8. The van der Waals surface area contributed by atoms with E-state index in [4.69, 9.17) is 4.74 Å². The number of para-hydroxylation sites is 1. The Balaban J connectivity index is 1.43. The summed E-state index contributed by atoms with van der Waals surface area (Å²) < 4.78 is 5.50. The fraction of sp³-hybridized carbons (Fsp3) is 0.333. The molecule has 1 aromatic carbocycles. The zero-order chi connectivity index (χ0) is 20.8. The van der Waals surface area contributed by atoms with Gasteiger partial charge in [-0.05, 0) is 61.5 Å². The number of rotatable bonds is 7. The van der Waals surface area contributed by atoms with Crippen LogP contribution >= 0.6 is 11.3 Å². The second-order valence-corrected chi connectivity index (χ2v) is 8.56. The lowest BCUT2D eigenvalue weighted by molar-refractivity contribution is 0.0892. The van der Waals surface area contributed by atoms with E-state index in [1.54, 1.807) is 13.3 Å². The van der Waals surface area contributed by atoms with Crippen LogP contribution in [0.2, 0.25) is 0 Å². The Morgan fingerprint density at radius 1 is 1.17 bits per heavy atom. The SMILES string of the molecule is COc1ccccc1CN1CCC([C@@H](NC(=O)c2cccs2)c2ccccn2)CC1. The molecule has 1 aliphatic heterocycles. The van der Waals surface area contributed by atoms with Crippen molar-refractivity contribution in [2.45, 2.75) is 25.4 Å². The van der Waals surface area contributed by atoms with E-state index in [2.05, 4.69) is 27.3 Å². The van der Waals surface area contributed by atoms with Gasteiger partial charge in [0.05, 0.1) is 23.7 Å². The molecule has 0 unspecified atom stereocenters. The van der Waals surface area contributed by atoms with Gasteiger partial charge < -0.3 is 10.1 Å². The fourth-order valence-electron chi connectivity index (χ4n) is 4.13. The maximum absolute atomic E-state index is 12.8. The molecule has 2 aromatic heterocycles. The summed E-state index contributed by atoms with van der Waals surface area (Å²) in [7, 11) is 1.72. The van der Waals surface area contributed by atoms with Gasteiger partial charge in [-0.25, -0.2) is 0 Å². The minimum Gasteiger partial charge on any atom is -0.496 e. The van der Waals surface area contributed by atoms with Crippen LogP contribution in [0.1, 0.15) is 39.8 Å². The highest BCUT2D eigenvalue weighted by Gasteiger charge is 2.30. The van der Waals surface area contributed by atoms with Gasteiger partial charge in [0.2, 0.25) is 0 Å². The van der Waals surface area contributed by atoms with Crippen LogP contribution in [0.5, 0.6) is 5.75 Å². The fourth-order valence-corrected chi connectivity index (χ4v) is 4.76. The molecule has 0 bridgehead atoms. The molecule has 0 aliphatic carbocycles. The van der Waals surface area contributed by atoms with E-state index >= 15 is 0 Å². The number of thiophene rings is 1. The molecule has 1 amide bonds. The first kappa shape index (κ1) is 20.6. The number of amides is 1. The molecule has 0 saturated carbocycles. The van der Waals surface area contributed by atoms with Crippen molar-refractivity contribution in [3.63, 3.8) is 0 Å². The first-order valence-electron chi connectivity index (χ1n) is 10.3. The number of methoxy groups -OCH3 is 1. The van der Waals surface area contributed by atoms with Crippen LogP contribution in [0.15, 0.2) is 66.2 Å². The third-order valence-electron chi connectivity index (χ3n) is 5.73.